The summed E-state index contributed by atoms with van der Waals surface area (Å²) in [4.78, 5) is 13.0. The number of ether oxygens (including phenoxy) is 2. The van der Waals surface area contributed by atoms with Crippen LogP contribution in [0.2, 0.25) is 5.02 Å². The first-order chi connectivity index (χ1) is 19.1. The minimum atomic E-state index is -4.56. The molecule has 5 aromatic rings. The van der Waals surface area contributed by atoms with Gasteiger partial charge in [-0.15, -0.1) is 0 Å². The second-order valence-corrected chi connectivity index (χ2v) is 10.5. The Kier molecular flexibility index (Phi) is 5.41. The molecule has 0 atom stereocenters. The van der Waals surface area contributed by atoms with Crippen molar-refractivity contribution >= 4 is 45.9 Å². The van der Waals surface area contributed by atoms with E-state index in [2.05, 4.69) is 35.8 Å². The fourth-order valence-corrected chi connectivity index (χ4v) is 5.58. The molecule has 1 saturated carbocycles. The summed E-state index contributed by atoms with van der Waals surface area (Å²) < 4.78 is 57.1. The van der Waals surface area contributed by atoms with Crippen molar-refractivity contribution in [3.63, 3.8) is 0 Å². The van der Waals surface area contributed by atoms with Gasteiger partial charge >= 0.3 is 6.18 Å². The standard InChI is InChI=1S/C24H22ClF3N10O2/c1-29-18-9-37-13(6-30-18)14(8-32-37)40-15-7-31-21-20(19(15)25)36(2)22(34-21)33-17-3-16(24(26,27)28)38(35-17)12-4-23(5-12)10-39-11-23/h3,6-9,12,29H,4-5,10-11H2,1-2H3,(H,31,33,34,35). The number of aryl methyl sites for hydroxylation is 1. The minimum absolute atomic E-state index is 0.0117. The smallest absolute Gasteiger partial charge is 0.433 e. The van der Waals surface area contributed by atoms with Crippen molar-refractivity contribution < 1.29 is 22.6 Å². The van der Waals surface area contributed by atoms with Gasteiger partial charge in [0.25, 0.3) is 0 Å². The first-order valence-electron chi connectivity index (χ1n) is 12.4. The maximum atomic E-state index is 13.9. The van der Waals surface area contributed by atoms with Gasteiger partial charge in [-0.2, -0.15) is 28.4 Å². The predicted octanol–water partition coefficient (Wildman–Crippen LogP) is 4.81. The Labute approximate surface area is 229 Å². The Morgan fingerprint density at radius 3 is 2.62 bits per heavy atom. The maximum Gasteiger partial charge on any atom is 0.433 e. The number of pyridine rings is 1. The van der Waals surface area contributed by atoms with Crippen LogP contribution in [-0.4, -0.2) is 59.2 Å². The Balaban J connectivity index is 1.18. The third-order valence-electron chi connectivity index (χ3n) is 7.42. The average Bonchev–Trinajstić information content (AvgIpc) is 3.55. The van der Waals surface area contributed by atoms with Crippen LogP contribution in [0.15, 0.2) is 30.9 Å². The zero-order chi connectivity index (χ0) is 27.8. The first-order valence-corrected chi connectivity index (χ1v) is 12.7. The van der Waals surface area contributed by atoms with Crippen LogP contribution in [0.5, 0.6) is 11.5 Å². The van der Waals surface area contributed by atoms with E-state index in [4.69, 9.17) is 21.1 Å². The Bertz CT molecular complexity index is 1770. The van der Waals surface area contributed by atoms with Gasteiger partial charge in [0.05, 0.1) is 44.0 Å². The number of hydrogen-bond donors (Lipinski definition) is 2. The lowest BCUT2D eigenvalue weighted by molar-refractivity contribution is -0.182. The number of nitrogens with zero attached hydrogens (tertiary/aromatic N) is 8. The number of halogens is 4. The van der Waals surface area contributed by atoms with Crippen molar-refractivity contribution in [3.05, 3.63) is 41.6 Å². The van der Waals surface area contributed by atoms with Gasteiger partial charge < -0.3 is 24.7 Å². The molecular formula is C24H22ClF3N10O2. The molecule has 2 fully saturated rings. The van der Waals surface area contributed by atoms with Crippen molar-refractivity contribution in [1.82, 2.24) is 38.9 Å². The van der Waals surface area contributed by atoms with E-state index in [1.807, 2.05) is 0 Å². The SMILES string of the molecule is CNc1cn2ncc(Oc3cnc4nc(Nc5cc(C(F)(F)F)n(C6CC7(COC7)C6)n5)n(C)c4c3Cl)c2cn1. The fraction of sp³-hybridized carbons (Fsp3) is 0.375. The number of rotatable bonds is 6. The quantitative estimate of drug-likeness (QED) is 0.294. The zero-order valence-electron chi connectivity index (χ0n) is 21.2. The van der Waals surface area contributed by atoms with E-state index in [0.717, 1.165) is 10.7 Å². The summed E-state index contributed by atoms with van der Waals surface area (Å²) >= 11 is 6.70. The van der Waals surface area contributed by atoms with Gasteiger partial charge in [0.2, 0.25) is 5.95 Å². The number of alkyl halides is 3. The monoisotopic (exact) mass is 574 g/mol. The fourth-order valence-electron chi connectivity index (χ4n) is 5.28. The lowest BCUT2D eigenvalue weighted by atomic mass is 9.64. The van der Waals surface area contributed by atoms with Crippen molar-refractivity contribution in [2.75, 3.05) is 30.9 Å². The Morgan fingerprint density at radius 1 is 1.12 bits per heavy atom. The molecule has 2 N–H and O–H groups in total. The van der Waals surface area contributed by atoms with Crippen molar-refractivity contribution in [2.24, 2.45) is 12.5 Å². The first kappa shape index (κ1) is 24.9. The molecule has 16 heteroatoms. The maximum absolute atomic E-state index is 13.9. The zero-order valence-corrected chi connectivity index (χ0v) is 22.0. The van der Waals surface area contributed by atoms with Crippen LogP contribution in [-0.2, 0) is 18.0 Å². The summed E-state index contributed by atoms with van der Waals surface area (Å²) in [5, 5.41) is 14.6. The Morgan fingerprint density at radius 2 is 1.93 bits per heavy atom. The van der Waals surface area contributed by atoms with Gasteiger partial charge in [0, 0.05) is 25.6 Å². The topological polar surface area (TPSA) is 121 Å². The number of hydrogen-bond acceptors (Lipinski definition) is 9. The number of aromatic nitrogens is 8. The summed E-state index contributed by atoms with van der Waals surface area (Å²) in [5.41, 5.74) is 0.493. The van der Waals surface area contributed by atoms with Gasteiger partial charge in [0.15, 0.2) is 23.0 Å². The number of imidazole rings is 1. The van der Waals surface area contributed by atoms with Gasteiger partial charge in [-0.1, -0.05) is 11.6 Å². The molecule has 1 saturated heterocycles. The predicted molar refractivity (Wildman–Crippen MR) is 138 cm³/mol. The molecule has 0 bridgehead atoms. The van der Waals surface area contributed by atoms with Crippen molar-refractivity contribution in [3.8, 4) is 11.5 Å². The van der Waals surface area contributed by atoms with Crippen LogP contribution in [0.25, 0.3) is 16.7 Å². The highest BCUT2D eigenvalue weighted by molar-refractivity contribution is 6.36. The van der Waals surface area contributed by atoms with E-state index in [9.17, 15) is 13.2 Å². The molecule has 5 aromatic heterocycles. The second kappa shape index (κ2) is 8.69. The van der Waals surface area contributed by atoms with Gasteiger partial charge in [-0.05, 0) is 12.8 Å². The van der Waals surface area contributed by atoms with Crippen LogP contribution in [0.1, 0.15) is 24.6 Å². The highest BCUT2D eigenvalue weighted by atomic mass is 35.5. The molecule has 6 heterocycles. The normalized spacial score (nSPS) is 16.9. The summed E-state index contributed by atoms with van der Waals surface area (Å²) in [6.07, 6.45) is 2.92. The van der Waals surface area contributed by atoms with Crippen LogP contribution in [0.3, 0.4) is 0 Å². The van der Waals surface area contributed by atoms with Crippen LogP contribution >= 0.6 is 11.6 Å². The van der Waals surface area contributed by atoms with E-state index in [1.54, 1.807) is 35.6 Å². The molecule has 40 heavy (non-hydrogen) atoms. The van der Waals surface area contributed by atoms with Crippen molar-refractivity contribution in [2.45, 2.75) is 25.1 Å². The number of fused-ring (bicyclic) bond motifs is 2. The molecule has 0 unspecified atom stereocenters. The highest BCUT2D eigenvalue weighted by Gasteiger charge is 2.52. The largest absolute Gasteiger partial charge is 0.450 e. The molecular weight excluding hydrogens is 553 g/mol. The molecule has 7 rings (SSSR count). The number of anilines is 3. The molecule has 1 aliphatic heterocycles. The van der Waals surface area contributed by atoms with Crippen LogP contribution in [0.4, 0.5) is 30.8 Å². The van der Waals surface area contributed by atoms with E-state index < -0.39 is 11.9 Å². The molecule has 0 amide bonds. The third kappa shape index (κ3) is 3.91. The molecule has 1 aliphatic carbocycles. The lowest BCUT2D eigenvalue weighted by Crippen LogP contribution is -2.53. The van der Waals surface area contributed by atoms with Crippen LogP contribution < -0.4 is 15.4 Å². The minimum Gasteiger partial charge on any atom is -0.450 e. The molecule has 2 aliphatic rings. The van der Waals surface area contributed by atoms with E-state index in [0.29, 0.717) is 48.7 Å². The lowest BCUT2D eigenvalue weighted by Gasteiger charge is -2.53. The average molecular weight is 575 g/mol. The third-order valence-corrected chi connectivity index (χ3v) is 7.78. The van der Waals surface area contributed by atoms with E-state index in [-0.39, 0.29) is 39.6 Å². The highest BCUT2D eigenvalue weighted by Crippen LogP contribution is 2.54. The molecule has 1 spiro atoms. The van der Waals surface area contributed by atoms with Crippen LogP contribution in [0, 0.1) is 5.41 Å². The molecule has 0 aromatic carbocycles. The molecule has 12 nitrogen and oxygen atoms in total. The van der Waals surface area contributed by atoms with Gasteiger partial charge in [-0.25, -0.2) is 14.5 Å². The van der Waals surface area contributed by atoms with Crippen molar-refractivity contribution in [1.29, 1.82) is 0 Å². The van der Waals surface area contributed by atoms with E-state index in [1.165, 1.54) is 12.4 Å². The Hall–Kier alpha value is -4.11. The summed E-state index contributed by atoms with van der Waals surface area (Å²) in [5.74, 6) is 1.53. The summed E-state index contributed by atoms with van der Waals surface area (Å²) in [7, 11) is 3.42. The van der Waals surface area contributed by atoms with E-state index >= 15 is 0 Å². The molecule has 0 radical (unpaired) electrons. The summed E-state index contributed by atoms with van der Waals surface area (Å²) in [6, 6.07) is 0.649. The molecule has 208 valence electrons. The summed E-state index contributed by atoms with van der Waals surface area (Å²) in [6.45, 7) is 1.17. The second-order valence-electron chi connectivity index (χ2n) is 10.1. The number of nitrogens with one attached hydrogen (secondary N) is 2. The van der Waals surface area contributed by atoms with Gasteiger partial charge in [-0.3, -0.25) is 4.68 Å². The van der Waals surface area contributed by atoms with Gasteiger partial charge in [0.1, 0.15) is 27.6 Å².